The molecular formula is C18H23BN2O3S. The zero-order valence-corrected chi connectivity index (χ0v) is 16.1. The molecule has 0 bridgehead atoms. The van der Waals surface area contributed by atoms with E-state index in [1.54, 1.807) is 12.1 Å². The number of nitrogens with zero attached hydrogens (tertiary/aromatic N) is 1. The first kappa shape index (κ1) is 19.6. The molecule has 1 aliphatic rings. The number of carbonyl (C=O) groups excluding carboxylic acids is 1. The van der Waals surface area contributed by atoms with Crippen LogP contribution >= 0.6 is 11.8 Å². The summed E-state index contributed by atoms with van der Waals surface area (Å²) in [4.78, 5) is 11.4. The van der Waals surface area contributed by atoms with Gasteiger partial charge in [0.05, 0.1) is 22.5 Å². The highest BCUT2D eigenvalue weighted by Gasteiger charge is 2.52. The van der Waals surface area contributed by atoms with E-state index in [0.717, 1.165) is 5.47 Å². The second kappa shape index (κ2) is 7.24. The number of nitrogen functional groups attached to an aromatic ring is 1. The van der Waals surface area contributed by atoms with Crippen LogP contribution in [-0.2, 0) is 14.1 Å². The number of hydrogen-bond donors (Lipinski definition) is 1. The number of carbonyl (C=O) groups is 1. The molecule has 1 fully saturated rings. The number of nitriles is 1. The minimum Gasteiger partial charge on any atom is -0.400 e. The Balaban J connectivity index is 2.43. The van der Waals surface area contributed by atoms with Crippen molar-refractivity contribution in [1.82, 2.24) is 0 Å². The van der Waals surface area contributed by atoms with E-state index < -0.39 is 18.3 Å². The van der Waals surface area contributed by atoms with Crippen LogP contribution in [0.5, 0.6) is 0 Å². The average Bonchev–Trinajstić information content (AvgIpc) is 2.71. The van der Waals surface area contributed by atoms with Crippen LogP contribution in [0.1, 0.15) is 45.7 Å². The molecule has 1 aromatic carbocycles. The Morgan fingerprint density at radius 2 is 1.92 bits per heavy atom. The van der Waals surface area contributed by atoms with Gasteiger partial charge in [-0.05, 0) is 44.8 Å². The molecule has 1 saturated heterocycles. The third kappa shape index (κ3) is 4.27. The molecule has 0 saturated carbocycles. The maximum absolute atomic E-state index is 11.4. The van der Waals surface area contributed by atoms with Gasteiger partial charge >= 0.3 is 7.12 Å². The number of hydrogen-bond acceptors (Lipinski definition) is 6. The number of rotatable bonds is 4. The van der Waals surface area contributed by atoms with E-state index in [1.165, 1.54) is 18.7 Å². The highest BCUT2D eigenvalue weighted by molar-refractivity contribution is 8.13. The normalized spacial score (nSPS) is 18.9. The Hall–Kier alpha value is -1.75. The quantitative estimate of drug-likeness (QED) is 0.656. The molecular weight excluding hydrogens is 335 g/mol. The van der Waals surface area contributed by atoms with Gasteiger partial charge in [-0.25, -0.2) is 0 Å². The Morgan fingerprint density at radius 3 is 2.44 bits per heavy atom. The topological polar surface area (TPSA) is 85.3 Å². The Morgan fingerprint density at radius 1 is 1.32 bits per heavy atom. The molecule has 0 atom stereocenters. The second-order valence-electron chi connectivity index (χ2n) is 7.01. The van der Waals surface area contributed by atoms with E-state index >= 15 is 0 Å². The standard InChI is InChI=1S/C18H23BN2O3S/c1-12(22)25-11-14(19-23-17(2,3)18(4,5)24-19)9-13-7-6-8-16(21)15(13)10-20/h6-9H,11,21H2,1-5H3. The van der Waals surface area contributed by atoms with E-state index in [9.17, 15) is 10.1 Å². The summed E-state index contributed by atoms with van der Waals surface area (Å²) in [7, 11) is -0.579. The van der Waals surface area contributed by atoms with Gasteiger partial charge in [0.15, 0.2) is 5.12 Å². The van der Waals surface area contributed by atoms with Crippen molar-refractivity contribution in [2.24, 2.45) is 0 Å². The maximum Gasteiger partial charge on any atom is 0.491 e. The molecule has 25 heavy (non-hydrogen) atoms. The molecule has 0 spiro atoms. The van der Waals surface area contributed by atoms with Gasteiger partial charge in [-0.2, -0.15) is 5.26 Å². The summed E-state index contributed by atoms with van der Waals surface area (Å²) in [5.41, 5.74) is 7.24. The molecule has 0 radical (unpaired) electrons. The van der Waals surface area contributed by atoms with Gasteiger partial charge in [0.2, 0.25) is 0 Å². The summed E-state index contributed by atoms with van der Waals surface area (Å²) in [5, 5.41) is 9.39. The lowest BCUT2D eigenvalue weighted by Gasteiger charge is -2.32. The molecule has 0 unspecified atom stereocenters. The predicted molar refractivity (Wildman–Crippen MR) is 103 cm³/mol. The number of nitrogens with two attached hydrogens (primary N) is 1. The first-order chi connectivity index (χ1) is 11.6. The lowest BCUT2D eigenvalue weighted by atomic mass is 9.78. The fourth-order valence-electron chi connectivity index (χ4n) is 2.40. The largest absolute Gasteiger partial charge is 0.491 e. The number of thioether (sulfide) groups is 1. The van der Waals surface area contributed by atoms with E-state index in [1.807, 2.05) is 39.8 Å². The van der Waals surface area contributed by atoms with Crippen molar-refractivity contribution >= 4 is 35.8 Å². The summed E-state index contributed by atoms with van der Waals surface area (Å²) in [6.45, 7) is 9.43. The molecule has 7 heteroatoms. The van der Waals surface area contributed by atoms with Crippen molar-refractivity contribution in [2.75, 3.05) is 11.5 Å². The lowest BCUT2D eigenvalue weighted by molar-refractivity contribution is -0.109. The fourth-order valence-corrected chi connectivity index (χ4v) is 2.98. The number of benzene rings is 1. The molecule has 1 aliphatic heterocycles. The Labute approximate surface area is 153 Å². The molecule has 0 aromatic heterocycles. The van der Waals surface area contributed by atoms with Gasteiger partial charge in [-0.3, -0.25) is 4.79 Å². The van der Waals surface area contributed by atoms with Crippen LogP contribution in [0, 0.1) is 11.3 Å². The first-order valence-corrected chi connectivity index (χ1v) is 9.04. The van der Waals surface area contributed by atoms with Crippen LogP contribution in [0.25, 0.3) is 6.08 Å². The third-order valence-electron chi connectivity index (χ3n) is 4.58. The minimum atomic E-state index is -0.579. The summed E-state index contributed by atoms with van der Waals surface area (Å²) in [6, 6.07) is 7.43. The molecule has 2 N–H and O–H groups in total. The van der Waals surface area contributed by atoms with E-state index in [2.05, 4.69) is 6.07 Å². The second-order valence-corrected chi connectivity index (χ2v) is 8.16. The average molecular weight is 358 g/mol. The maximum atomic E-state index is 11.4. The fraction of sp³-hybridized carbons (Fsp3) is 0.444. The molecule has 5 nitrogen and oxygen atoms in total. The minimum absolute atomic E-state index is 0.00972. The van der Waals surface area contributed by atoms with Gasteiger partial charge in [0.25, 0.3) is 0 Å². The molecule has 1 aromatic rings. The van der Waals surface area contributed by atoms with Crippen molar-refractivity contribution in [1.29, 1.82) is 5.26 Å². The first-order valence-electron chi connectivity index (χ1n) is 8.05. The number of anilines is 1. The van der Waals surface area contributed by atoms with E-state index in [0.29, 0.717) is 22.6 Å². The summed E-state index contributed by atoms with van der Waals surface area (Å²) in [5.74, 6) is 0.422. The van der Waals surface area contributed by atoms with Crippen molar-refractivity contribution in [2.45, 2.75) is 45.8 Å². The zero-order valence-electron chi connectivity index (χ0n) is 15.3. The van der Waals surface area contributed by atoms with Crippen molar-refractivity contribution in [3.8, 4) is 6.07 Å². The van der Waals surface area contributed by atoms with Crippen molar-refractivity contribution < 1.29 is 14.1 Å². The van der Waals surface area contributed by atoms with Gasteiger partial charge < -0.3 is 15.0 Å². The third-order valence-corrected chi connectivity index (χ3v) is 5.46. The SMILES string of the molecule is CC(=O)SCC(=Cc1cccc(N)c1C#N)B1OC(C)(C)C(C)(C)O1. The smallest absolute Gasteiger partial charge is 0.400 e. The molecule has 0 amide bonds. The molecule has 0 aliphatic carbocycles. The molecule has 132 valence electrons. The van der Waals surface area contributed by atoms with E-state index in [-0.39, 0.29) is 5.12 Å². The van der Waals surface area contributed by atoms with Gasteiger partial charge in [0.1, 0.15) is 6.07 Å². The van der Waals surface area contributed by atoms with Gasteiger partial charge in [-0.1, -0.05) is 30.0 Å². The zero-order chi connectivity index (χ0) is 18.8. The van der Waals surface area contributed by atoms with Gasteiger partial charge in [0, 0.05) is 12.7 Å². The highest BCUT2D eigenvalue weighted by atomic mass is 32.2. The highest BCUT2D eigenvalue weighted by Crippen LogP contribution is 2.39. The van der Waals surface area contributed by atoms with Crippen molar-refractivity contribution in [3.63, 3.8) is 0 Å². The van der Waals surface area contributed by atoms with Crippen LogP contribution in [0.2, 0.25) is 0 Å². The van der Waals surface area contributed by atoms with Crippen molar-refractivity contribution in [3.05, 3.63) is 34.8 Å². The van der Waals surface area contributed by atoms with Crippen LogP contribution < -0.4 is 5.73 Å². The molecule has 1 heterocycles. The summed E-state index contributed by atoms with van der Waals surface area (Å²) in [6.07, 6.45) is 1.84. The Bertz CT molecular complexity index is 737. The monoisotopic (exact) mass is 358 g/mol. The Kier molecular flexibility index (Phi) is 5.67. The van der Waals surface area contributed by atoms with Crippen LogP contribution in [-0.4, -0.2) is 29.2 Å². The predicted octanol–water partition coefficient (Wildman–Crippen LogP) is 3.43. The summed E-state index contributed by atoms with van der Waals surface area (Å²) < 4.78 is 12.2. The van der Waals surface area contributed by atoms with Crippen LogP contribution in [0.15, 0.2) is 23.7 Å². The van der Waals surface area contributed by atoms with Crippen LogP contribution in [0.4, 0.5) is 5.69 Å². The lowest BCUT2D eigenvalue weighted by Crippen LogP contribution is -2.41. The molecule has 2 rings (SSSR count). The van der Waals surface area contributed by atoms with Crippen LogP contribution in [0.3, 0.4) is 0 Å². The summed E-state index contributed by atoms with van der Waals surface area (Å²) >= 11 is 1.18. The van der Waals surface area contributed by atoms with E-state index in [4.69, 9.17) is 15.0 Å². The van der Waals surface area contributed by atoms with Gasteiger partial charge in [-0.15, -0.1) is 0 Å².